The second kappa shape index (κ2) is 5.09. The molecule has 0 bridgehead atoms. The molecule has 0 saturated carbocycles. The van der Waals surface area contributed by atoms with Crippen LogP contribution in [-0.2, 0) is 34.1 Å². The number of anilines is 2. The van der Waals surface area contributed by atoms with Crippen molar-refractivity contribution in [3.63, 3.8) is 0 Å². The number of rotatable bonds is 3. The van der Waals surface area contributed by atoms with Crippen LogP contribution in [0.5, 0.6) is 0 Å². The summed E-state index contributed by atoms with van der Waals surface area (Å²) in [6.07, 6.45) is 3.32. The lowest BCUT2D eigenvalue weighted by Gasteiger charge is -2.10. The number of aryl methyl sites for hydroxylation is 2. The molecule has 0 saturated heterocycles. The smallest absolute Gasteiger partial charge is 0.261 e. The SMILES string of the molecule is O=C1Cc2cc(NS(=O)(=O)c3ccc4c(c3)CCC4)ccc2N1. The van der Waals surface area contributed by atoms with Gasteiger partial charge in [0.25, 0.3) is 10.0 Å². The van der Waals surface area contributed by atoms with Crippen LogP contribution >= 0.6 is 0 Å². The van der Waals surface area contributed by atoms with Gasteiger partial charge >= 0.3 is 0 Å². The molecule has 2 aliphatic rings. The van der Waals surface area contributed by atoms with Gasteiger partial charge in [0.2, 0.25) is 5.91 Å². The van der Waals surface area contributed by atoms with E-state index in [0.29, 0.717) is 5.69 Å². The van der Waals surface area contributed by atoms with Gasteiger partial charge in [-0.05, 0) is 66.3 Å². The fourth-order valence-electron chi connectivity index (χ4n) is 3.22. The van der Waals surface area contributed by atoms with Crippen molar-refractivity contribution in [2.75, 3.05) is 10.0 Å². The Bertz CT molecular complexity index is 919. The molecule has 23 heavy (non-hydrogen) atoms. The van der Waals surface area contributed by atoms with Crippen molar-refractivity contribution in [2.24, 2.45) is 0 Å². The standard InChI is InChI=1S/C17H16N2O3S/c20-17-10-13-8-14(5-7-16(13)18-17)19-23(21,22)15-6-4-11-2-1-3-12(11)9-15/h4-9,19H,1-3,10H2,(H,18,20). The summed E-state index contributed by atoms with van der Waals surface area (Å²) in [5.74, 6) is -0.0707. The molecule has 0 fully saturated rings. The molecule has 4 rings (SSSR count). The molecule has 1 aliphatic heterocycles. The lowest BCUT2D eigenvalue weighted by atomic mass is 10.1. The van der Waals surface area contributed by atoms with E-state index in [1.54, 1.807) is 30.3 Å². The third kappa shape index (κ3) is 2.59. The molecule has 0 spiro atoms. The molecule has 1 heterocycles. The number of hydrogen-bond acceptors (Lipinski definition) is 3. The van der Waals surface area contributed by atoms with Crippen LogP contribution in [0.3, 0.4) is 0 Å². The summed E-state index contributed by atoms with van der Waals surface area (Å²) in [6, 6.07) is 10.4. The summed E-state index contributed by atoms with van der Waals surface area (Å²) >= 11 is 0. The highest BCUT2D eigenvalue weighted by Crippen LogP contribution is 2.29. The Morgan fingerprint density at radius 1 is 0.957 bits per heavy atom. The quantitative estimate of drug-likeness (QED) is 0.909. The molecule has 1 aliphatic carbocycles. The monoisotopic (exact) mass is 328 g/mol. The van der Waals surface area contributed by atoms with E-state index in [1.165, 1.54) is 5.56 Å². The number of amides is 1. The molecule has 2 aromatic rings. The van der Waals surface area contributed by atoms with Crippen molar-refractivity contribution in [3.05, 3.63) is 53.1 Å². The van der Waals surface area contributed by atoms with Crippen LogP contribution in [-0.4, -0.2) is 14.3 Å². The first-order valence-corrected chi connectivity index (χ1v) is 9.07. The van der Waals surface area contributed by atoms with Gasteiger partial charge in [0.1, 0.15) is 0 Å². The van der Waals surface area contributed by atoms with Gasteiger partial charge in [0.05, 0.1) is 11.3 Å². The van der Waals surface area contributed by atoms with Crippen LogP contribution < -0.4 is 10.0 Å². The number of carbonyl (C=O) groups is 1. The first kappa shape index (κ1) is 14.3. The normalized spacial score (nSPS) is 15.9. The third-order valence-corrected chi connectivity index (χ3v) is 5.74. The van der Waals surface area contributed by atoms with Crippen molar-refractivity contribution >= 4 is 27.3 Å². The van der Waals surface area contributed by atoms with Crippen LogP contribution in [0, 0.1) is 0 Å². The number of benzene rings is 2. The lowest BCUT2D eigenvalue weighted by molar-refractivity contribution is -0.115. The third-order valence-electron chi connectivity index (χ3n) is 4.36. The molecule has 118 valence electrons. The second-order valence-corrected chi connectivity index (χ2v) is 7.67. The summed E-state index contributed by atoms with van der Waals surface area (Å²) in [4.78, 5) is 11.7. The number of sulfonamides is 1. The topological polar surface area (TPSA) is 75.3 Å². The Labute approximate surface area is 134 Å². The van der Waals surface area contributed by atoms with Crippen molar-refractivity contribution in [1.29, 1.82) is 0 Å². The fraction of sp³-hybridized carbons (Fsp3) is 0.235. The maximum atomic E-state index is 12.6. The van der Waals surface area contributed by atoms with Crippen LogP contribution in [0.25, 0.3) is 0 Å². The van der Waals surface area contributed by atoms with E-state index in [2.05, 4.69) is 10.0 Å². The van der Waals surface area contributed by atoms with E-state index in [1.807, 2.05) is 6.07 Å². The molecule has 2 N–H and O–H groups in total. The Kier molecular flexibility index (Phi) is 3.16. The van der Waals surface area contributed by atoms with Crippen LogP contribution in [0.2, 0.25) is 0 Å². The molecule has 1 amide bonds. The molecule has 6 heteroatoms. The molecular weight excluding hydrogens is 312 g/mol. The minimum Gasteiger partial charge on any atom is -0.326 e. The van der Waals surface area contributed by atoms with Gasteiger partial charge in [-0.2, -0.15) is 0 Å². The number of nitrogens with one attached hydrogen (secondary N) is 2. The molecule has 2 aromatic carbocycles. The van der Waals surface area contributed by atoms with E-state index < -0.39 is 10.0 Å². The van der Waals surface area contributed by atoms with Gasteiger partial charge < -0.3 is 5.32 Å². The zero-order valence-corrected chi connectivity index (χ0v) is 13.2. The van der Waals surface area contributed by atoms with Crippen LogP contribution in [0.4, 0.5) is 11.4 Å². The van der Waals surface area contributed by atoms with E-state index in [9.17, 15) is 13.2 Å². The molecule has 0 aromatic heterocycles. The fourth-order valence-corrected chi connectivity index (χ4v) is 4.32. The van der Waals surface area contributed by atoms with Crippen molar-refractivity contribution < 1.29 is 13.2 Å². The number of fused-ring (bicyclic) bond motifs is 2. The lowest BCUT2D eigenvalue weighted by Crippen LogP contribution is -2.13. The highest BCUT2D eigenvalue weighted by molar-refractivity contribution is 7.92. The Morgan fingerprint density at radius 3 is 2.65 bits per heavy atom. The Morgan fingerprint density at radius 2 is 1.78 bits per heavy atom. The second-order valence-electron chi connectivity index (χ2n) is 5.99. The Balaban J connectivity index is 1.63. The summed E-state index contributed by atoms with van der Waals surface area (Å²) in [5, 5.41) is 2.73. The first-order valence-electron chi connectivity index (χ1n) is 7.59. The minimum atomic E-state index is -3.62. The van der Waals surface area contributed by atoms with Gasteiger partial charge in [0, 0.05) is 11.4 Å². The van der Waals surface area contributed by atoms with E-state index in [4.69, 9.17) is 0 Å². The summed E-state index contributed by atoms with van der Waals surface area (Å²) in [5.41, 5.74) is 4.39. The molecule has 5 nitrogen and oxygen atoms in total. The van der Waals surface area contributed by atoms with Gasteiger partial charge in [-0.3, -0.25) is 9.52 Å². The van der Waals surface area contributed by atoms with Crippen molar-refractivity contribution in [3.8, 4) is 0 Å². The number of hydrogen-bond donors (Lipinski definition) is 2. The van der Waals surface area contributed by atoms with Crippen LogP contribution in [0.1, 0.15) is 23.1 Å². The molecule has 0 atom stereocenters. The van der Waals surface area contributed by atoms with E-state index in [-0.39, 0.29) is 17.2 Å². The van der Waals surface area contributed by atoms with E-state index >= 15 is 0 Å². The predicted octanol–water partition coefficient (Wildman–Crippen LogP) is 2.47. The summed E-state index contributed by atoms with van der Waals surface area (Å²) in [6.45, 7) is 0. The maximum absolute atomic E-state index is 12.6. The predicted molar refractivity (Wildman–Crippen MR) is 88.1 cm³/mol. The van der Waals surface area contributed by atoms with Gasteiger partial charge in [-0.25, -0.2) is 8.42 Å². The minimum absolute atomic E-state index is 0.0707. The highest BCUT2D eigenvalue weighted by atomic mass is 32.2. The summed E-state index contributed by atoms with van der Waals surface area (Å²) < 4.78 is 27.7. The van der Waals surface area contributed by atoms with Crippen LogP contribution in [0.15, 0.2) is 41.3 Å². The van der Waals surface area contributed by atoms with E-state index in [0.717, 1.165) is 36.1 Å². The zero-order valence-electron chi connectivity index (χ0n) is 12.4. The van der Waals surface area contributed by atoms with Gasteiger partial charge in [-0.15, -0.1) is 0 Å². The largest absolute Gasteiger partial charge is 0.326 e. The highest BCUT2D eigenvalue weighted by Gasteiger charge is 2.21. The molecular formula is C17H16N2O3S. The molecule has 0 unspecified atom stereocenters. The average Bonchev–Trinajstić information content (AvgIpc) is 3.10. The summed E-state index contributed by atoms with van der Waals surface area (Å²) in [7, 11) is -3.62. The molecule has 0 radical (unpaired) electrons. The zero-order chi connectivity index (χ0) is 16.0. The van der Waals surface area contributed by atoms with Gasteiger partial charge in [0.15, 0.2) is 0 Å². The average molecular weight is 328 g/mol. The first-order chi connectivity index (χ1) is 11.0. The van der Waals surface area contributed by atoms with Crippen molar-refractivity contribution in [2.45, 2.75) is 30.6 Å². The Hall–Kier alpha value is -2.34. The van der Waals surface area contributed by atoms with Gasteiger partial charge in [-0.1, -0.05) is 6.07 Å². The maximum Gasteiger partial charge on any atom is 0.261 e. The number of carbonyl (C=O) groups excluding carboxylic acids is 1. The van der Waals surface area contributed by atoms with Crippen molar-refractivity contribution in [1.82, 2.24) is 0 Å².